The van der Waals surface area contributed by atoms with Crippen LogP contribution in [0.5, 0.6) is 0 Å². The maximum absolute atomic E-state index is 13.0. The molecular formula is C24H15Cl2NO5. The SMILES string of the molecule is O=C1C(=O)N(c2ccc(C(=O)O)cc2)[C@H](c2ccc(Cl)cc2)C1=C(O)c1ccc(Cl)cc1. The number of carbonyl (C=O) groups is 3. The number of anilines is 1. The summed E-state index contributed by atoms with van der Waals surface area (Å²) in [5.74, 6) is -3.16. The summed E-state index contributed by atoms with van der Waals surface area (Å²) in [6.07, 6.45) is 0. The molecule has 8 heteroatoms. The molecular weight excluding hydrogens is 453 g/mol. The standard InChI is InChI=1S/C24H15Cl2NO5/c25-16-7-1-13(2-8-16)20-19(21(28)14-3-9-17(26)10-4-14)22(29)23(30)27(20)18-11-5-15(6-12-18)24(31)32/h1-12,20,28H,(H,31,32)/t20-/m1/s1. The minimum Gasteiger partial charge on any atom is -0.507 e. The molecule has 2 N–H and O–H groups in total. The fraction of sp³-hybridized carbons (Fsp3) is 0.0417. The lowest BCUT2D eigenvalue weighted by atomic mass is 9.95. The molecule has 0 aromatic heterocycles. The Morgan fingerprint density at radius 1 is 0.750 bits per heavy atom. The van der Waals surface area contributed by atoms with E-state index in [1.165, 1.54) is 29.2 Å². The maximum Gasteiger partial charge on any atom is 0.335 e. The van der Waals surface area contributed by atoms with Gasteiger partial charge in [0.1, 0.15) is 5.76 Å². The van der Waals surface area contributed by atoms with Crippen molar-refractivity contribution in [2.24, 2.45) is 0 Å². The van der Waals surface area contributed by atoms with Crippen molar-refractivity contribution in [3.05, 3.63) is 105 Å². The van der Waals surface area contributed by atoms with Gasteiger partial charge in [-0.25, -0.2) is 4.79 Å². The van der Waals surface area contributed by atoms with E-state index >= 15 is 0 Å². The topological polar surface area (TPSA) is 94.9 Å². The van der Waals surface area contributed by atoms with Crippen LogP contribution in [-0.4, -0.2) is 27.9 Å². The third-order valence-corrected chi connectivity index (χ3v) is 5.64. The van der Waals surface area contributed by atoms with Crippen molar-refractivity contribution in [2.75, 3.05) is 4.90 Å². The number of halogens is 2. The van der Waals surface area contributed by atoms with Gasteiger partial charge >= 0.3 is 5.97 Å². The molecule has 0 aliphatic carbocycles. The Labute approximate surface area is 192 Å². The first-order valence-corrected chi connectivity index (χ1v) is 10.2. The molecule has 0 saturated carbocycles. The lowest BCUT2D eigenvalue weighted by molar-refractivity contribution is -0.132. The fourth-order valence-electron chi connectivity index (χ4n) is 3.59. The van der Waals surface area contributed by atoms with Crippen molar-refractivity contribution in [2.45, 2.75) is 6.04 Å². The van der Waals surface area contributed by atoms with Gasteiger partial charge in [-0.05, 0) is 66.2 Å². The molecule has 1 saturated heterocycles. The van der Waals surface area contributed by atoms with E-state index in [2.05, 4.69) is 0 Å². The molecule has 1 aliphatic rings. The number of amides is 1. The number of aliphatic hydroxyl groups excluding tert-OH is 1. The van der Waals surface area contributed by atoms with Crippen molar-refractivity contribution >= 4 is 52.3 Å². The number of ketones is 1. The summed E-state index contributed by atoms with van der Waals surface area (Å²) in [5, 5.41) is 21.1. The Kier molecular flexibility index (Phi) is 5.74. The van der Waals surface area contributed by atoms with Gasteiger partial charge in [0.2, 0.25) is 0 Å². The first-order valence-electron chi connectivity index (χ1n) is 9.43. The molecule has 1 fully saturated rings. The van der Waals surface area contributed by atoms with Gasteiger partial charge < -0.3 is 10.2 Å². The van der Waals surface area contributed by atoms with E-state index in [1.807, 2.05) is 0 Å². The summed E-state index contributed by atoms with van der Waals surface area (Å²) >= 11 is 11.9. The Balaban J connectivity index is 1.91. The molecule has 1 aliphatic heterocycles. The van der Waals surface area contributed by atoms with E-state index in [9.17, 15) is 19.5 Å². The van der Waals surface area contributed by atoms with Crippen molar-refractivity contribution in [1.82, 2.24) is 0 Å². The average molecular weight is 468 g/mol. The van der Waals surface area contributed by atoms with Crippen molar-refractivity contribution in [3.8, 4) is 0 Å². The third-order valence-electron chi connectivity index (χ3n) is 5.14. The molecule has 1 amide bonds. The molecule has 0 radical (unpaired) electrons. The van der Waals surface area contributed by atoms with Crippen molar-refractivity contribution in [3.63, 3.8) is 0 Å². The molecule has 0 unspecified atom stereocenters. The maximum atomic E-state index is 13.0. The number of aromatic carboxylic acids is 1. The number of hydrogen-bond donors (Lipinski definition) is 2. The Bertz CT molecular complexity index is 1250. The lowest BCUT2D eigenvalue weighted by Crippen LogP contribution is -2.29. The monoisotopic (exact) mass is 467 g/mol. The van der Waals surface area contributed by atoms with E-state index in [0.29, 0.717) is 26.9 Å². The summed E-state index contributed by atoms with van der Waals surface area (Å²) in [5.41, 5.74) is 1.13. The minimum atomic E-state index is -1.12. The summed E-state index contributed by atoms with van der Waals surface area (Å²) in [6.45, 7) is 0. The largest absolute Gasteiger partial charge is 0.507 e. The molecule has 1 atom stereocenters. The van der Waals surface area contributed by atoms with Crippen LogP contribution in [0.1, 0.15) is 27.5 Å². The zero-order chi connectivity index (χ0) is 23.0. The number of Topliss-reactive ketones (excluding diaryl/α,β-unsaturated/α-hetero) is 1. The quantitative estimate of drug-likeness (QED) is 0.307. The number of rotatable bonds is 4. The second-order valence-corrected chi connectivity index (χ2v) is 7.95. The van der Waals surface area contributed by atoms with E-state index in [-0.39, 0.29) is 16.9 Å². The van der Waals surface area contributed by atoms with Crippen LogP contribution in [0.4, 0.5) is 5.69 Å². The second kappa shape index (κ2) is 8.49. The summed E-state index contributed by atoms with van der Waals surface area (Å²) in [4.78, 5) is 38.5. The molecule has 3 aromatic rings. The van der Waals surface area contributed by atoms with Gasteiger partial charge in [0.25, 0.3) is 11.7 Å². The van der Waals surface area contributed by atoms with Gasteiger partial charge in [-0.1, -0.05) is 35.3 Å². The molecule has 32 heavy (non-hydrogen) atoms. The molecule has 0 spiro atoms. The van der Waals surface area contributed by atoms with Gasteiger partial charge in [-0.15, -0.1) is 0 Å². The normalized spacial score (nSPS) is 17.6. The molecule has 6 nitrogen and oxygen atoms in total. The van der Waals surface area contributed by atoms with Crippen molar-refractivity contribution in [1.29, 1.82) is 0 Å². The van der Waals surface area contributed by atoms with Crippen LogP contribution in [-0.2, 0) is 9.59 Å². The average Bonchev–Trinajstić information content (AvgIpc) is 3.05. The van der Waals surface area contributed by atoms with Crippen LogP contribution in [0, 0.1) is 0 Å². The van der Waals surface area contributed by atoms with Gasteiger partial charge in [0.15, 0.2) is 0 Å². The van der Waals surface area contributed by atoms with Crippen LogP contribution < -0.4 is 4.90 Å². The summed E-state index contributed by atoms with van der Waals surface area (Å²) in [7, 11) is 0. The van der Waals surface area contributed by atoms with Gasteiger partial charge in [0.05, 0.1) is 17.2 Å². The smallest absolute Gasteiger partial charge is 0.335 e. The zero-order valence-corrected chi connectivity index (χ0v) is 17.8. The highest BCUT2D eigenvalue weighted by Crippen LogP contribution is 2.42. The van der Waals surface area contributed by atoms with E-state index < -0.39 is 23.7 Å². The number of aliphatic hydroxyl groups is 1. The van der Waals surface area contributed by atoms with Crippen LogP contribution >= 0.6 is 23.2 Å². The van der Waals surface area contributed by atoms with E-state index in [0.717, 1.165) is 0 Å². The van der Waals surface area contributed by atoms with Gasteiger partial charge in [-0.2, -0.15) is 0 Å². The molecule has 3 aromatic carbocycles. The Morgan fingerprint density at radius 3 is 1.78 bits per heavy atom. The number of carboxylic acid groups (broad SMARTS) is 1. The highest BCUT2D eigenvalue weighted by Gasteiger charge is 2.46. The van der Waals surface area contributed by atoms with Gasteiger partial charge in [-0.3, -0.25) is 14.5 Å². The van der Waals surface area contributed by atoms with Crippen molar-refractivity contribution < 1.29 is 24.6 Å². The number of nitrogens with zero attached hydrogens (tertiary/aromatic N) is 1. The van der Waals surface area contributed by atoms with Gasteiger partial charge in [0, 0.05) is 21.3 Å². The van der Waals surface area contributed by atoms with E-state index in [4.69, 9.17) is 28.3 Å². The second-order valence-electron chi connectivity index (χ2n) is 7.08. The fourth-order valence-corrected chi connectivity index (χ4v) is 3.84. The van der Waals surface area contributed by atoms with Crippen LogP contribution in [0.15, 0.2) is 78.4 Å². The van der Waals surface area contributed by atoms with E-state index in [1.54, 1.807) is 48.5 Å². The first kappa shape index (κ1) is 21.6. The minimum absolute atomic E-state index is 0.0366. The van der Waals surface area contributed by atoms with Crippen LogP contribution in [0.25, 0.3) is 5.76 Å². The molecule has 4 rings (SSSR count). The highest BCUT2D eigenvalue weighted by atomic mass is 35.5. The lowest BCUT2D eigenvalue weighted by Gasteiger charge is -2.25. The third kappa shape index (κ3) is 3.86. The zero-order valence-electron chi connectivity index (χ0n) is 16.3. The number of benzene rings is 3. The molecule has 0 bridgehead atoms. The summed E-state index contributed by atoms with van der Waals surface area (Å²) < 4.78 is 0. The number of hydrogen-bond acceptors (Lipinski definition) is 4. The Hall–Kier alpha value is -3.61. The van der Waals surface area contributed by atoms with Crippen LogP contribution in [0.3, 0.4) is 0 Å². The first-order chi connectivity index (χ1) is 15.3. The molecule has 1 heterocycles. The van der Waals surface area contributed by atoms with Crippen LogP contribution in [0.2, 0.25) is 10.0 Å². The predicted octanol–water partition coefficient (Wildman–Crippen LogP) is 5.32. The predicted molar refractivity (Wildman–Crippen MR) is 121 cm³/mol. The summed E-state index contributed by atoms with van der Waals surface area (Å²) in [6, 6.07) is 17.4. The molecule has 160 valence electrons. The highest BCUT2D eigenvalue weighted by molar-refractivity contribution is 6.51. The number of carboxylic acids is 1. The number of carbonyl (C=O) groups excluding carboxylic acids is 2. The Morgan fingerprint density at radius 2 is 1.25 bits per heavy atom.